The number of hydrogen-bond acceptors (Lipinski definition) is 1. The third kappa shape index (κ3) is 2.86. The molecule has 2 heterocycles. The molecule has 6 rings (SSSR count). The first-order chi connectivity index (χ1) is 15.3. The molecule has 0 spiro atoms. The van der Waals surface area contributed by atoms with Gasteiger partial charge >= 0.3 is 0 Å². The number of aromatic nitrogens is 3. The van der Waals surface area contributed by atoms with Gasteiger partial charge in [-0.15, -0.1) is 0 Å². The average Bonchev–Trinajstić information content (AvgIpc) is 3.39. The first kappa shape index (κ1) is 17.7. The van der Waals surface area contributed by atoms with Crippen molar-refractivity contribution in [1.29, 1.82) is 0 Å². The lowest BCUT2D eigenvalue weighted by atomic mass is 9.99. The Kier molecular flexibility index (Phi) is 4.00. The van der Waals surface area contributed by atoms with Gasteiger partial charge in [0.15, 0.2) is 0 Å². The summed E-state index contributed by atoms with van der Waals surface area (Å²) in [5.74, 6) is 0.886. The monoisotopic (exact) mass is 399 g/mol. The Morgan fingerprint density at radius 3 is 2.23 bits per heavy atom. The van der Waals surface area contributed by atoms with Crippen LogP contribution in [0.15, 0.2) is 97.1 Å². The number of rotatable bonds is 3. The van der Waals surface area contributed by atoms with Crippen LogP contribution < -0.4 is 0 Å². The third-order valence-electron chi connectivity index (χ3n) is 5.94. The van der Waals surface area contributed by atoms with E-state index in [4.69, 9.17) is 4.98 Å². The summed E-state index contributed by atoms with van der Waals surface area (Å²) in [7, 11) is 0. The molecule has 0 aliphatic carbocycles. The van der Waals surface area contributed by atoms with Crippen molar-refractivity contribution < 1.29 is 0 Å². The number of benzene rings is 4. The van der Waals surface area contributed by atoms with Crippen molar-refractivity contribution in [2.45, 2.75) is 6.92 Å². The Bertz CT molecular complexity index is 1530. The van der Waals surface area contributed by atoms with E-state index in [2.05, 4.69) is 108 Å². The molecule has 4 aromatic carbocycles. The second-order valence-corrected chi connectivity index (χ2v) is 7.87. The van der Waals surface area contributed by atoms with E-state index in [1.807, 2.05) is 6.07 Å². The standard InChI is InChI=1S/C28H21N3/c1-18-25(23-15-7-8-17-24(23)29-18)28-30-26(20-11-3-2-4-12-20)27(31-28)22-16-9-13-19-10-5-6-14-21(19)22/h2-17,29H,1H3,(H,30,31). The van der Waals surface area contributed by atoms with Crippen molar-refractivity contribution in [3.05, 3.63) is 103 Å². The Morgan fingerprint density at radius 2 is 1.35 bits per heavy atom. The fraction of sp³-hybridized carbons (Fsp3) is 0.0357. The highest BCUT2D eigenvalue weighted by Crippen LogP contribution is 2.38. The van der Waals surface area contributed by atoms with Gasteiger partial charge in [-0.05, 0) is 23.8 Å². The Morgan fingerprint density at radius 1 is 0.645 bits per heavy atom. The molecule has 0 atom stereocenters. The normalized spacial score (nSPS) is 11.4. The molecule has 3 nitrogen and oxygen atoms in total. The lowest BCUT2D eigenvalue weighted by Crippen LogP contribution is -1.85. The predicted molar refractivity (Wildman–Crippen MR) is 129 cm³/mol. The third-order valence-corrected chi connectivity index (χ3v) is 5.94. The van der Waals surface area contributed by atoms with Gasteiger partial charge in [0.2, 0.25) is 0 Å². The molecule has 0 fully saturated rings. The summed E-state index contributed by atoms with van der Waals surface area (Å²) in [5.41, 5.74) is 7.63. The molecular weight excluding hydrogens is 378 g/mol. The minimum Gasteiger partial charge on any atom is -0.358 e. The summed E-state index contributed by atoms with van der Waals surface area (Å²) in [6.07, 6.45) is 0. The van der Waals surface area contributed by atoms with Crippen LogP contribution >= 0.6 is 0 Å². The second-order valence-electron chi connectivity index (χ2n) is 7.87. The van der Waals surface area contributed by atoms with Crippen LogP contribution in [0.4, 0.5) is 0 Å². The number of nitrogens with one attached hydrogen (secondary N) is 2. The average molecular weight is 399 g/mol. The first-order valence-electron chi connectivity index (χ1n) is 10.5. The topological polar surface area (TPSA) is 44.5 Å². The van der Waals surface area contributed by atoms with Gasteiger partial charge in [-0.3, -0.25) is 0 Å². The highest BCUT2D eigenvalue weighted by Gasteiger charge is 2.20. The van der Waals surface area contributed by atoms with E-state index in [1.54, 1.807) is 0 Å². The van der Waals surface area contributed by atoms with Gasteiger partial charge < -0.3 is 9.97 Å². The van der Waals surface area contributed by atoms with E-state index in [1.165, 1.54) is 16.2 Å². The van der Waals surface area contributed by atoms with Crippen molar-refractivity contribution in [3.63, 3.8) is 0 Å². The van der Waals surface area contributed by atoms with Crippen molar-refractivity contribution in [2.24, 2.45) is 0 Å². The molecule has 31 heavy (non-hydrogen) atoms. The molecule has 0 amide bonds. The molecule has 0 saturated carbocycles. The number of aromatic amines is 2. The van der Waals surface area contributed by atoms with E-state index < -0.39 is 0 Å². The molecule has 148 valence electrons. The van der Waals surface area contributed by atoms with E-state index in [0.29, 0.717) is 0 Å². The van der Waals surface area contributed by atoms with Crippen LogP contribution in [0.25, 0.3) is 55.6 Å². The Balaban J connectivity index is 1.66. The van der Waals surface area contributed by atoms with Crippen molar-refractivity contribution >= 4 is 21.7 Å². The van der Waals surface area contributed by atoms with Crippen LogP contribution in [0, 0.1) is 6.92 Å². The lowest BCUT2D eigenvalue weighted by molar-refractivity contribution is 1.25. The summed E-state index contributed by atoms with van der Waals surface area (Å²) < 4.78 is 0. The van der Waals surface area contributed by atoms with Crippen molar-refractivity contribution in [1.82, 2.24) is 15.0 Å². The van der Waals surface area contributed by atoms with Gasteiger partial charge in [-0.25, -0.2) is 4.98 Å². The van der Waals surface area contributed by atoms with Crippen LogP contribution in [0.1, 0.15) is 5.69 Å². The van der Waals surface area contributed by atoms with E-state index >= 15 is 0 Å². The summed E-state index contributed by atoms with van der Waals surface area (Å²) in [6.45, 7) is 2.11. The first-order valence-corrected chi connectivity index (χ1v) is 10.5. The van der Waals surface area contributed by atoms with E-state index in [0.717, 1.165) is 45.1 Å². The molecule has 0 bridgehead atoms. The van der Waals surface area contributed by atoms with Gasteiger partial charge in [-0.1, -0.05) is 91.0 Å². The lowest BCUT2D eigenvalue weighted by Gasteiger charge is -2.07. The molecule has 0 aliphatic rings. The highest BCUT2D eigenvalue weighted by molar-refractivity contribution is 6.01. The zero-order valence-corrected chi connectivity index (χ0v) is 17.2. The minimum absolute atomic E-state index is 0.886. The van der Waals surface area contributed by atoms with E-state index in [-0.39, 0.29) is 0 Å². The predicted octanol–water partition coefficient (Wildman–Crippen LogP) is 7.35. The summed E-state index contributed by atoms with van der Waals surface area (Å²) in [6, 6.07) is 33.8. The molecule has 0 unspecified atom stereocenters. The maximum Gasteiger partial charge on any atom is 0.140 e. The van der Waals surface area contributed by atoms with E-state index in [9.17, 15) is 0 Å². The zero-order chi connectivity index (χ0) is 20.8. The van der Waals surface area contributed by atoms with Gasteiger partial charge in [0, 0.05) is 33.3 Å². The van der Waals surface area contributed by atoms with Crippen molar-refractivity contribution in [2.75, 3.05) is 0 Å². The number of hydrogen-bond donors (Lipinski definition) is 2. The molecule has 0 aliphatic heterocycles. The van der Waals surface area contributed by atoms with Crippen molar-refractivity contribution in [3.8, 4) is 33.9 Å². The van der Waals surface area contributed by atoms with Crippen LogP contribution in [0.2, 0.25) is 0 Å². The van der Waals surface area contributed by atoms with Crippen LogP contribution in [0.5, 0.6) is 0 Å². The summed E-state index contributed by atoms with van der Waals surface area (Å²) in [5, 5.41) is 3.62. The maximum atomic E-state index is 5.14. The van der Waals surface area contributed by atoms with Gasteiger partial charge in [0.25, 0.3) is 0 Å². The molecule has 2 N–H and O–H groups in total. The zero-order valence-electron chi connectivity index (χ0n) is 17.2. The largest absolute Gasteiger partial charge is 0.358 e. The number of aryl methyl sites for hydroxylation is 1. The fourth-order valence-corrected chi connectivity index (χ4v) is 4.52. The van der Waals surface area contributed by atoms with Crippen LogP contribution in [0.3, 0.4) is 0 Å². The number of H-pyrrole nitrogens is 2. The summed E-state index contributed by atoms with van der Waals surface area (Å²) in [4.78, 5) is 12.3. The molecule has 2 aromatic heterocycles. The molecule has 0 radical (unpaired) electrons. The smallest absolute Gasteiger partial charge is 0.140 e. The molecule has 3 heteroatoms. The Hall–Kier alpha value is -4.11. The van der Waals surface area contributed by atoms with Crippen LogP contribution in [-0.2, 0) is 0 Å². The molecular formula is C28H21N3. The molecule has 6 aromatic rings. The maximum absolute atomic E-state index is 5.14. The number of para-hydroxylation sites is 1. The fourth-order valence-electron chi connectivity index (χ4n) is 4.52. The van der Waals surface area contributed by atoms with Gasteiger partial charge in [0.05, 0.1) is 11.4 Å². The Labute approximate surface area is 180 Å². The van der Waals surface area contributed by atoms with Gasteiger partial charge in [0.1, 0.15) is 5.82 Å². The SMILES string of the molecule is Cc1[nH]c2ccccc2c1-c1nc(-c2ccccc2)c(-c2cccc3ccccc23)[nH]1. The van der Waals surface area contributed by atoms with Gasteiger partial charge in [-0.2, -0.15) is 0 Å². The van der Waals surface area contributed by atoms with Crippen LogP contribution in [-0.4, -0.2) is 15.0 Å². The summed E-state index contributed by atoms with van der Waals surface area (Å²) >= 11 is 0. The highest BCUT2D eigenvalue weighted by atomic mass is 14.9. The minimum atomic E-state index is 0.886. The molecule has 0 saturated heterocycles. The number of fused-ring (bicyclic) bond motifs is 2. The second kappa shape index (κ2) is 6.99. The number of nitrogens with zero attached hydrogens (tertiary/aromatic N) is 1. The quantitative estimate of drug-likeness (QED) is 0.321. The number of imidazole rings is 1.